The fourth-order valence-electron chi connectivity index (χ4n) is 14.3. The van der Waals surface area contributed by atoms with Gasteiger partial charge < -0.3 is 5.11 Å². The van der Waals surface area contributed by atoms with E-state index in [1.807, 2.05) is 35.9 Å². The van der Waals surface area contributed by atoms with Crippen molar-refractivity contribution in [1.82, 2.24) is 9.97 Å². The zero-order chi connectivity index (χ0) is 65.0. The van der Waals surface area contributed by atoms with Crippen molar-refractivity contribution in [2.24, 2.45) is 32.5 Å². The molecule has 2 aromatic heterocycles. The van der Waals surface area contributed by atoms with Crippen molar-refractivity contribution in [1.29, 1.82) is 0 Å². The number of hydrogen-bond acceptors (Lipinski definition) is 6. The van der Waals surface area contributed by atoms with Crippen molar-refractivity contribution in [3.8, 4) is 22.5 Å². The van der Waals surface area contributed by atoms with Gasteiger partial charge in [-0.15, -0.1) is 58.6 Å². The molecule has 0 bridgehead atoms. The summed E-state index contributed by atoms with van der Waals surface area (Å²) < 4.78 is 0. The van der Waals surface area contributed by atoms with E-state index in [2.05, 4.69) is 247 Å². The van der Waals surface area contributed by atoms with Crippen molar-refractivity contribution >= 4 is 93.9 Å². The zero-order valence-corrected chi connectivity index (χ0v) is 62.0. The Kier molecular flexibility index (Phi) is 20.5. The van der Waals surface area contributed by atoms with Gasteiger partial charge in [0.05, 0.1) is 0 Å². The molecule has 91 heavy (non-hydrogen) atoms. The van der Waals surface area contributed by atoms with E-state index in [0.717, 1.165) is 81.2 Å². The van der Waals surface area contributed by atoms with Crippen LogP contribution in [0.2, 0.25) is 0 Å². The van der Waals surface area contributed by atoms with Crippen LogP contribution < -0.4 is 0 Å². The molecule has 7 heteroatoms. The third-order valence-electron chi connectivity index (χ3n) is 19.3. The number of fused-ring (bicyclic) bond motifs is 10. The fourth-order valence-corrected chi connectivity index (χ4v) is 16.8. The maximum atomic E-state index is 12.5. The molecule has 0 atom stereocenters. The van der Waals surface area contributed by atoms with Crippen molar-refractivity contribution in [3.63, 3.8) is 0 Å². The number of allylic oxidation sites excluding steroid dienone is 2. The first-order valence-electron chi connectivity index (χ1n) is 33.4. The number of aliphatic hydroxyl groups is 1. The number of benzene rings is 8. The smallest absolute Gasteiger partial charge is 0.165 e. The minimum atomic E-state index is -0.297. The second-order valence-corrected chi connectivity index (χ2v) is 33.0. The molecular weight excluding hydrogens is 1330 g/mol. The molecule has 4 nitrogen and oxygen atoms in total. The first-order valence-corrected chi connectivity index (χ1v) is 35.1. The van der Waals surface area contributed by atoms with Gasteiger partial charge in [-0.05, 0) is 181 Å². The molecule has 2 aliphatic rings. The summed E-state index contributed by atoms with van der Waals surface area (Å²) in [6, 6.07) is 46.1. The second kappa shape index (κ2) is 26.9. The van der Waals surface area contributed by atoms with Crippen LogP contribution in [-0.2, 0) is 50.6 Å². The number of aromatic nitrogens is 2. The molecule has 4 heterocycles. The van der Waals surface area contributed by atoms with E-state index in [1.54, 1.807) is 0 Å². The molecule has 8 aromatic carbocycles. The Balaban J connectivity index is 0.000000169. The number of carbonyl (C=O) groups is 1. The van der Waals surface area contributed by atoms with Gasteiger partial charge in [0.2, 0.25) is 0 Å². The number of rotatable bonds is 13. The normalized spacial score (nSPS) is 13.4. The topological polar surface area (TPSA) is 63.1 Å². The van der Waals surface area contributed by atoms with Gasteiger partial charge >= 0.3 is 0 Å². The first kappa shape index (κ1) is 69.5. The minimum Gasteiger partial charge on any atom is -0.512 e. The van der Waals surface area contributed by atoms with Crippen LogP contribution in [0, 0.1) is 51.5 Å². The SMILES string of the molecule is CC(C)(C)Cc1c2c([c-]c3ccccc13)-c1nccc3c1c(cc1c(CC(C)(C)C)cccc13)S2.CCC(CC)(CC)C(=O)/C=C(\O)C(CC)(CC)CC.Cc1ccc2c(CC(C)(C)C)c3c([c-]c2c1)-c1nccc2c1c(cc1c(CC(C)(C)C)cccc12)S3.[Ir]. The maximum Gasteiger partial charge on any atom is 0.165 e. The van der Waals surface area contributed by atoms with Gasteiger partial charge in [-0.1, -0.05) is 230 Å². The van der Waals surface area contributed by atoms with E-state index in [-0.39, 0.29) is 64.1 Å². The fraction of sp³-hybridized carbons (Fsp3) is 0.417. The third-order valence-corrected chi connectivity index (χ3v) is 21.7. The summed E-state index contributed by atoms with van der Waals surface area (Å²) in [4.78, 5) is 27.8. The van der Waals surface area contributed by atoms with E-state index in [9.17, 15) is 9.90 Å². The molecule has 0 amide bonds. The average molecular weight is 1420 g/mol. The summed E-state index contributed by atoms with van der Waals surface area (Å²) >= 11 is 3.86. The van der Waals surface area contributed by atoms with Gasteiger partial charge in [-0.3, -0.25) is 14.8 Å². The molecule has 0 aliphatic carbocycles. The van der Waals surface area contributed by atoms with Crippen molar-refractivity contribution in [2.75, 3.05) is 0 Å². The summed E-state index contributed by atoms with van der Waals surface area (Å²) in [6.45, 7) is 42.5. The number of pyridine rings is 2. The second-order valence-electron chi connectivity index (χ2n) is 30.9. The van der Waals surface area contributed by atoms with E-state index >= 15 is 0 Å². The zero-order valence-electron chi connectivity index (χ0n) is 58.0. The van der Waals surface area contributed by atoms with Gasteiger partial charge in [0.15, 0.2) is 5.78 Å². The predicted molar refractivity (Wildman–Crippen MR) is 390 cm³/mol. The largest absolute Gasteiger partial charge is 0.512 e. The minimum absolute atomic E-state index is 0. The molecule has 0 unspecified atom stereocenters. The first-order chi connectivity index (χ1) is 42.5. The number of aliphatic hydroxyl groups excluding tert-OH is 1. The van der Waals surface area contributed by atoms with Crippen LogP contribution in [0.1, 0.15) is 191 Å². The van der Waals surface area contributed by atoms with Crippen LogP contribution in [0.25, 0.3) is 87.1 Å². The molecule has 0 spiro atoms. The Bertz CT molecular complexity index is 4400. The van der Waals surface area contributed by atoms with Crippen LogP contribution in [0.3, 0.4) is 0 Å². The van der Waals surface area contributed by atoms with Crippen LogP contribution in [0.5, 0.6) is 0 Å². The van der Waals surface area contributed by atoms with E-state index in [1.165, 1.54) is 124 Å². The Morgan fingerprint density at radius 1 is 0.462 bits per heavy atom. The van der Waals surface area contributed by atoms with Crippen molar-refractivity contribution in [2.45, 2.75) is 215 Å². The molecule has 0 saturated heterocycles. The van der Waals surface area contributed by atoms with Gasteiger partial charge in [-0.2, -0.15) is 0 Å². The average Bonchev–Trinajstić information content (AvgIpc) is 0.726. The molecule has 1 radical (unpaired) electrons. The summed E-state index contributed by atoms with van der Waals surface area (Å²) in [6.07, 6.45) is 14.8. The Morgan fingerprint density at radius 2 is 0.868 bits per heavy atom. The van der Waals surface area contributed by atoms with Crippen LogP contribution in [0.4, 0.5) is 0 Å². The number of nitrogens with zero attached hydrogens (tertiary/aromatic N) is 2. The Hall–Kier alpha value is -5.82. The molecule has 0 saturated carbocycles. The van der Waals surface area contributed by atoms with Crippen LogP contribution >= 0.6 is 23.5 Å². The van der Waals surface area contributed by atoms with E-state index in [0.29, 0.717) is 0 Å². The van der Waals surface area contributed by atoms with Gasteiger partial charge in [0, 0.05) is 70.6 Å². The number of hydrogen-bond donors (Lipinski definition) is 1. The quantitative estimate of drug-likeness (QED) is 0.0537. The maximum absolute atomic E-state index is 12.5. The standard InChI is InChI=1S/C34H34NS.C33H32NS.C17H32O2.Ir/c1-20-11-12-23-22(15-20)16-27-31-30-25(13-14-35-31)24-10-8-9-21(18-33(2,3)4)26(24)17-29(30)36-32(27)28(23)19-34(5,6)7;1-32(2,3)18-21-11-9-13-23-24-14-15-34-30-26-16-20-10-7-8-12-22(20)27(19-33(4,5)6)31(26)35-28(29(24)30)17-25(21)23;1-7-16(8-2,9-3)14(18)13-15(19)17(10-4,11-5)12-6;/h8-15,17H,18-19H2,1-7H3;7-15,17H,18-19H2,1-6H3;13,18H,7-12H2,1-6H3;/q2*-1;;/b;;14-13-;. The van der Waals surface area contributed by atoms with Gasteiger partial charge in [0.1, 0.15) is 5.76 Å². The van der Waals surface area contributed by atoms with Gasteiger partial charge in [-0.25, -0.2) is 0 Å². The third kappa shape index (κ3) is 14.2. The number of ketones is 1. The van der Waals surface area contributed by atoms with Crippen molar-refractivity contribution < 1.29 is 30.0 Å². The number of aryl methyl sites for hydroxylation is 1. The van der Waals surface area contributed by atoms with Crippen molar-refractivity contribution in [3.05, 3.63) is 167 Å². The predicted octanol–water partition coefficient (Wildman–Crippen LogP) is 25.0. The van der Waals surface area contributed by atoms with Crippen LogP contribution in [-0.4, -0.2) is 20.9 Å². The Morgan fingerprint density at radius 3 is 1.30 bits per heavy atom. The molecule has 479 valence electrons. The number of carbonyl (C=O) groups excluding carboxylic acids is 1. The summed E-state index contributed by atoms with van der Waals surface area (Å²) in [5, 5.41) is 26.0. The van der Waals surface area contributed by atoms with Crippen LogP contribution in [0.15, 0.2) is 147 Å². The summed E-state index contributed by atoms with van der Waals surface area (Å²) in [5.74, 6) is 0.377. The van der Waals surface area contributed by atoms with Gasteiger partial charge in [0.25, 0.3) is 0 Å². The van der Waals surface area contributed by atoms with E-state index < -0.39 is 0 Å². The summed E-state index contributed by atoms with van der Waals surface area (Å²) in [7, 11) is 0. The monoisotopic (exact) mass is 1420 g/mol. The molecular formula is C84H98IrN2O2S2-2. The summed E-state index contributed by atoms with van der Waals surface area (Å²) in [5.41, 5.74) is 11.8. The molecule has 0 fully saturated rings. The molecule has 12 rings (SSSR count). The molecule has 10 aromatic rings. The molecule has 2 aliphatic heterocycles. The van der Waals surface area contributed by atoms with E-state index in [4.69, 9.17) is 9.97 Å². The molecule has 1 N–H and O–H groups in total. The Labute approximate surface area is 567 Å².